The van der Waals surface area contributed by atoms with Gasteiger partial charge in [0, 0.05) is 9.92 Å². The number of hydrogen-bond acceptors (Lipinski definition) is 4. The predicted octanol–water partition coefficient (Wildman–Crippen LogP) is 5.07. The monoisotopic (exact) mass is 411 g/mol. The Morgan fingerprint density at radius 1 is 1.04 bits per heavy atom. The van der Waals surface area contributed by atoms with Crippen LogP contribution in [0.2, 0.25) is 5.02 Å². The number of carbonyl (C=O) groups is 1. The molecule has 2 N–H and O–H groups in total. The Morgan fingerprint density at radius 2 is 1.79 bits per heavy atom. The second-order valence-corrected chi connectivity index (χ2v) is 8.08. The normalized spacial score (nSPS) is 18.7. The number of rotatable bonds is 4. The van der Waals surface area contributed by atoms with Crippen LogP contribution in [0, 0.1) is 0 Å². The van der Waals surface area contributed by atoms with Crippen molar-refractivity contribution in [2.24, 2.45) is 0 Å². The number of aliphatic hydroxyl groups excluding tert-OH is 1. The van der Waals surface area contributed by atoms with E-state index in [-0.39, 0.29) is 0 Å². The van der Waals surface area contributed by atoms with Gasteiger partial charge in [0.2, 0.25) is 0 Å². The minimum absolute atomic E-state index is 0.428. The van der Waals surface area contributed by atoms with Crippen molar-refractivity contribution in [1.82, 2.24) is 0 Å². The van der Waals surface area contributed by atoms with Crippen molar-refractivity contribution in [1.29, 1.82) is 0 Å². The van der Waals surface area contributed by atoms with Gasteiger partial charge in [-0.1, -0.05) is 54.1 Å². The molecule has 6 heteroatoms. The van der Waals surface area contributed by atoms with E-state index in [9.17, 15) is 9.90 Å². The zero-order chi connectivity index (χ0) is 19.5. The molecule has 1 aliphatic rings. The highest BCUT2D eigenvalue weighted by Gasteiger charge is 2.32. The van der Waals surface area contributed by atoms with Crippen molar-refractivity contribution in [2.45, 2.75) is 22.9 Å². The summed E-state index contributed by atoms with van der Waals surface area (Å²) < 4.78 is 5.81. The molecule has 0 fully saturated rings. The molecular weight excluding hydrogens is 394 g/mol. The van der Waals surface area contributed by atoms with Crippen molar-refractivity contribution < 1.29 is 14.6 Å². The zero-order valence-corrected chi connectivity index (χ0v) is 16.4. The number of amides is 1. The highest BCUT2D eigenvalue weighted by atomic mass is 35.5. The van der Waals surface area contributed by atoms with Crippen LogP contribution in [0.15, 0.2) is 77.7 Å². The van der Waals surface area contributed by atoms with Gasteiger partial charge in [-0.05, 0) is 41.5 Å². The Balaban J connectivity index is 1.53. The fraction of sp³-hybridized carbons (Fsp3) is 0.136. The first-order valence-corrected chi connectivity index (χ1v) is 10.1. The van der Waals surface area contributed by atoms with Gasteiger partial charge in [-0.2, -0.15) is 0 Å². The highest BCUT2D eigenvalue weighted by Crippen LogP contribution is 2.44. The van der Waals surface area contributed by atoms with Gasteiger partial charge in [0.25, 0.3) is 5.91 Å². The molecule has 1 heterocycles. The molecule has 28 heavy (non-hydrogen) atoms. The molecule has 0 aliphatic carbocycles. The summed E-state index contributed by atoms with van der Waals surface area (Å²) in [5.41, 5.74) is 2.59. The molecule has 0 spiro atoms. The summed E-state index contributed by atoms with van der Waals surface area (Å²) in [4.78, 5) is 13.2. The van der Waals surface area contributed by atoms with Gasteiger partial charge in [0.15, 0.2) is 0 Å². The standard InChI is InChI=1S/C22H18ClNO3S/c23-16-8-11-18-19(12-16)28-21(20(25)22(26)24-18)15-6-9-17(10-7-15)27-13-14-4-2-1-3-5-14/h1-12,20-21,25H,13H2,(H,24,26). The van der Waals surface area contributed by atoms with E-state index in [1.807, 2.05) is 54.6 Å². The van der Waals surface area contributed by atoms with E-state index < -0.39 is 17.3 Å². The Labute approximate surface area is 172 Å². The van der Waals surface area contributed by atoms with Crippen LogP contribution in [0.4, 0.5) is 5.69 Å². The summed E-state index contributed by atoms with van der Waals surface area (Å²) in [5, 5.41) is 13.4. The lowest BCUT2D eigenvalue weighted by Crippen LogP contribution is -2.30. The van der Waals surface area contributed by atoms with Crippen molar-refractivity contribution in [3.63, 3.8) is 0 Å². The summed E-state index contributed by atoms with van der Waals surface area (Å²) in [6, 6.07) is 22.7. The first-order chi connectivity index (χ1) is 13.6. The Hall–Kier alpha value is -2.47. The molecule has 4 nitrogen and oxygen atoms in total. The van der Waals surface area contributed by atoms with Gasteiger partial charge in [0.05, 0.1) is 10.9 Å². The topological polar surface area (TPSA) is 58.6 Å². The number of thioether (sulfide) groups is 1. The summed E-state index contributed by atoms with van der Waals surface area (Å²) in [7, 11) is 0. The van der Waals surface area contributed by atoms with Crippen molar-refractivity contribution >= 4 is 35.0 Å². The average molecular weight is 412 g/mol. The van der Waals surface area contributed by atoms with E-state index in [2.05, 4.69) is 5.32 Å². The number of halogens is 1. The summed E-state index contributed by atoms with van der Waals surface area (Å²) in [6.45, 7) is 0.481. The van der Waals surface area contributed by atoms with E-state index in [1.165, 1.54) is 11.8 Å². The molecule has 0 saturated heterocycles. The number of carbonyl (C=O) groups excluding carboxylic acids is 1. The van der Waals surface area contributed by atoms with E-state index in [4.69, 9.17) is 16.3 Å². The molecule has 0 radical (unpaired) electrons. The second kappa shape index (κ2) is 8.27. The van der Waals surface area contributed by atoms with E-state index in [0.717, 1.165) is 21.8 Å². The van der Waals surface area contributed by atoms with Crippen LogP contribution >= 0.6 is 23.4 Å². The first-order valence-electron chi connectivity index (χ1n) is 8.82. The van der Waals surface area contributed by atoms with Crippen LogP contribution in [0.25, 0.3) is 0 Å². The molecule has 1 amide bonds. The summed E-state index contributed by atoms with van der Waals surface area (Å²) in [6.07, 6.45) is -1.17. The Bertz CT molecular complexity index is 979. The number of anilines is 1. The summed E-state index contributed by atoms with van der Waals surface area (Å²) in [5.74, 6) is 0.302. The average Bonchev–Trinajstić information content (AvgIpc) is 2.84. The van der Waals surface area contributed by atoms with Crippen LogP contribution < -0.4 is 10.1 Å². The molecule has 142 valence electrons. The highest BCUT2D eigenvalue weighted by molar-refractivity contribution is 7.99. The Kier molecular flexibility index (Phi) is 5.57. The third-order valence-corrected chi connectivity index (χ3v) is 6.08. The number of fused-ring (bicyclic) bond motifs is 1. The van der Waals surface area contributed by atoms with Gasteiger partial charge >= 0.3 is 0 Å². The van der Waals surface area contributed by atoms with E-state index >= 15 is 0 Å². The van der Waals surface area contributed by atoms with Crippen molar-refractivity contribution in [2.75, 3.05) is 5.32 Å². The lowest BCUT2D eigenvalue weighted by atomic mass is 10.1. The molecule has 2 unspecified atom stereocenters. The Morgan fingerprint density at radius 3 is 2.54 bits per heavy atom. The number of hydrogen-bond donors (Lipinski definition) is 2. The van der Waals surface area contributed by atoms with E-state index in [1.54, 1.807) is 18.2 Å². The molecular formula is C22H18ClNO3S. The lowest BCUT2D eigenvalue weighted by molar-refractivity contribution is -0.124. The molecule has 0 bridgehead atoms. The van der Waals surface area contributed by atoms with Crippen LogP contribution in [0.5, 0.6) is 5.75 Å². The minimum Gasteiger partial charge on any atom is -0.489 e. The largest absolute Gasteiger partial charge is 0.489 e. The van der Waals surface area contributed by atoms with Crippen LogP contribution in [-0.2, 0) is 11.4 Å². The number of nitrogens with one attached hydrogen (secondary N) is 1. The van der Waals surface area contributed by atoms with Crippen LogP contribution in [0.1, 0.15) is 16.4 Å². The number of ether oxygens (including phenoxy) is 1. The van der Waals surface area contributed by atoms with Gasteiger partial charge in [0.1, 0.15) is 18.5 Å². The zero-order valence-electron chi connectivity index (χ0n) is 14.8. The number of benzene rings is 3. The van der Waals surface area contributed by atoms with Crippen LogP contribution in [-0.4, -0.2) is 17.1 Å². The first kappa shape index (κ1) is 18.9. The molecule has 3 aromatic rings. The molecule has 3 aromatic carbocycles. The van der Waals surface area contributed by atoms with E-state index in [0.29, 0.717) is 17.3 Å². The minimum atomic E-state index is -1.17. The van der Waals surface area contributed by atoms with Crippen molar-refractivity contribution in [3.05, 3.63) is 88.9 Å². The smallest absolute Gasteiger partial charge is 0.254 e. The fourth-order valence-electron chi connectivity index (χ4n) is 2.99. The second-order valence-electron chi connectivity index (χ2n) is 6.46. The number of aliphatic hydroxyl groups is 1. The maximum atomic E-state index is 12.3. The quantitative estimate of drug-likeness (QED) is 0.629. The molecule has 1 aliphatic heterocycles. The molecule has 0 aromatic heterocycles. The lowest BCUT2D eigenvalue weighted by Gasteiger charge is -2.19. The predicted molar refractivity (Wildman–Crippen MR) is 112 cm³/mol. The van der Waals surface area contributed by atoms with Gasteiger partial charge < -0.3 is 15.2 Å². The third-order valence-electron chi connectivity index (χ3n) is 4.47. The van der Waals surface area contributed by atoms with Crippen molar-refractivity contribution in [3.8, 4) is 5.75 Å². The maximum absolute atomic E-state index is 12.3. The molecule has 2 atom stereocenters. The fourth-order valence-corrected chi connectivity index (χ4v) is 4.48. The van der Waals surface area contributed by atoms with Gasteiger partial charge in [-0.3, -0.25) is 4.79 Å². The maximum Gasteiger partial charge on any atom is 0.254 e. The van der Waals surface area contributed by atoms with Crippen LogP contribution in [0.3, 0.4) is 0 Å². The summed E-state index contributed by atoms with van der Waals surface area (Å²) >= 11 is 7.51. The third kappa shape index (κ3) is 4.17. The van der Waals surface area contributed by atoms with Gasteiger partial charge in [-0.15, -0.1) is 11.8 Å². The molecule has 4 rings (SSSR count). The SMILES string of the molecule is O=C1Nc2ccc(Cl)cc2SC(c2ccc(OCc3ccccc3)cc2)C1O. The van der Waals surface area contributed by atoms with Gasteiger partial charge in [-0.25, -0.2) is 0 Å². The molecule has 0 saturated carbocycles.